The van der Waals surface area contributed by atoms with Gasteiger partial charge in [0.15, 0.2) is 0 Å². The van der Waals surface area contributed by atoms with Gasteiger partial charge in [0.1, 0.15) is 0 Å². The Morgan fingerprint density at radius 1 is 1.10 bits per heavy atom. The van der Waals surface area contributed by atoms with E-state index in [9.17, 15) is 4.79 Å². The predicted octanol–water partition coefficient (Wildman–Crippen LogP) is 1.49. The van der Waals surface area contributed by atoms with Crippen LogP contribution >= 0.6 is 12.4 Å². The summed E-state index contributed by atoms with van der Waals surface area (Å²) < 4.78 is 0. The van der Waals surface area contributed by atoms with E-state index < -0.39 is 0 Å². The van der Waals surface area contributed by atoms with Crippen molar-refractivity contribution in [3.8, 4) is 0 Å². The summed E-state index contributed by atoms with van der Waals surface area (Å²) in [7, 11) is 0. The van der Waals surface area contributed by atoms with Crippen molar-refractivity contribution < 1.29 is 4.79 Å². The number of amides is 1. The van der Waals surface area contributed by atoms with E-state index in [2.05, 4.69) is 29.2 Å². The van der Waals surface area contributed by atoms with Gasteiger partial charge in [0, 0.05) is 45.7 Å². The summed E-state index contributed by atoms with van der Waals surface area (Å²) in [5.41, 5.74) is 6.78. The Balaban J connectivity index is 0.00000200. The summed E-state index contributed by atoms with van der Waals surface area (Å²) in [6.07, 6.45) is 1.52. The van der Waals surface area contributed by atoms with Gasteiger partial charge in [-0.1, -0.05) is 30.3 Å². The second-order valence-corrected chi connectivity index (χ2v) is 5.03. The third-order valence-electron chi connectivity index (χ3n) is 3.55. The van der Waals surface area contributed by atoms with E-state index in [1.54, 1.807) is 0 Å². The summed E-state index contributed by atoms with van der Waals surface area (Å²) in [4.78, 5) is 16.2. The number of rotatable bonds is 4. The number of hydrogen-bond acceptors (Lipinski definition) is 3. The second kappa shape index (κ2) is 8.95. The standard InChI is InChI=1S/C15H23N3O.ClH/c16-8-7-15(19)18-10-4-9-17(11-12-18)13-14-5-2-1-3-6-14;/h1-3,5-6H,4,7-13,16H2;1H. The largest absolute Gasteiger partial charge is 0.341 e. The number of hydrogen-bond donors (Lipinski definition) is 1. The molecule has 1 aliphatic rings. The SMILES string of the molecule is Cl.NCCC(=O)N1CCCN(Cc2ccccc2)CC1. The quantitative estimate of drug-likeness (QED) is 0.916. The lowest BCUT2D eigenvalue weighted by atomic mass is 10.2. The summed E-state index contributed by atoms with van der Waals surface area (Å²) in [5.74, 6) is 0.198. The fraction of sp³-hybridized carbons (Fsp3) is 0.533. The second-order valence-electron chi connectivity index (χ2n) is 5.03. The predicted molar refractivity (Wildman–Crippen MR) is 83.8 cm³/mol. The molecule has 1 amide bonds. The molecular weight excluding hydrogens is 274 g/mol. The van der Waals surface area contributed by atoms with Gasteiger partial charge in [-0.15, -0.1) is 12.4 Å². The zero-order chi connectivity index (χ0) is 13.5. The van der Waals surface area contributed by atoms with Crippen LogP contribution in [0.4, 0.5) is 0 Å². The number of nitrogens with zero attached hydrogens (tertiary/aromatic N) is 2. The van der Waals surface area contributed by atoms with Gasteiger partial charge in [-0.05, 0) is 12.0 Å². The van der Waals surface area contributed by atoms with Crippen molar-refractivity contribution in [2.24, 2.45) is 5.73 Å². The van der Waals surface area contributed by atoms with Gasteiger partial charge in [-0.3, -0.25) is 9.69 Å². The summed E-state index contributed by atoms with van der Waals surface area (Å²) in [6.45, 7) is 5.12. The molecule has 112 valence electrons. The summed E-state index contributed by atoms with van der Waals surface area (Å²) in [5, 5.41) is 0. The van der Waals surface area contributed by atoms with Crippen molar-refractivity contribution in [1.29, 1.82) is 0 Å². The Bertz CT molecular complexity index is 399. The average molecular weight is 298 g/mol. The maximum atomic E-state index is 11.8. The van der Waals surface area contributed by atoms with Crippen molar-refractivity contribution in [2.45, 2.75) is 19.4 Å². The zero-order valence-electron chi connectivity index (χ0n) is 11.8. The Hall–Kier alpha value is -1.10. The van der Waals surface area contributed by atoms with Crippen LogP contribution in [0.2, 0.25) is 0 Å². The molecule has 0 atom stereocenters. The van der Waals surface area contributed by atoms with Crippen molar-refractivity contribution in [3.63, 3.8) is 0 Å². The third kappa shape index (κ3) is 5.12. The first-order valence-corrected chi connectivity index (χ1v) is 7.03. The average Bonchev–Trinajstić information content (AvgIpc) is 2.66. The highest BCUT2D eigenvalue weighted by Gasteiger charge is 2.18. The topological polar surface area (TPSA) is 49.6 Å². The van der Waals surface area contributed by atoms with Gasteiger partial charge < -0.3 is 10.6 Å². The van der Waals surface area contributed by atoms with Crippen molar-refractivity contribution in [2.75, 3.05) is 32.7 Å². The molecule has 2 N–H and O–H groups in total. The normalized spacial score (nSPS) is 16.4. The van der Waals surface area contributed by atoms with Crippen LogP contribution in [0.15, 0.2) is 30.3 Å². The van der Waals surface area contributed by atoms with Crippen molar-refractivity contribution in [1.82, 2.24) is 9.80 Å². The molecule has 1 saturated heterocycles. The lowest BCUT2D eigenvalue weighted by Gasteiger charge is -2.22. The fourth-order valence-electron chi connectivity index (χ4n) is 2.50. The molecule has 0 aliphatic carbocycles. The fourth-order valence-corrected chi connectivity index (χ4v) is 2.50. The van der Waals surface area contributed by atoms with Gasteiger partial charge >= 0.3 is 0 Å². The smallest absolute Gasteiger partial charge is 0.223 e. The van der Waals surface area contributed by atoms with Crippen LogP contribution in [0, 0.1) is 0 Å². The first-order valence-electron chi connectivity index (χ1n) is 7.03. The highest BCUT2D eigenvalue weighted by atomic mass is 35.5. The van der Waals surface area contributed by atoms with Crippen LogP contribution in [0.25, 0.3) is 0 Å². The van der Waals surface area contributed by atoms with E-state index in [0.29, 0.717) is 13.0 Å². The molecule has 1 fully saturated rings. The minimum Gasteiger partial charge on any atom is -0.341 e. The van der Waals surface area contributed by atoms with Crippen LogP contribution in [0.3, 0.4) is 0 Å². The van der Waals surface area contributed by atoms with E-state index in [1.807, 2.05) is 11.0 Å². The minimum absolute atomic E-state index is 0. The van der Waals surface area contributed by atoms with Crippen LogP contribution in [0.1, 0.15) is 18.4 Å². The Labute approximate surface area is 127 Å². The highest BCUT2D eigenvalue weighted by molar-refractivity contribution is 5.85. The molecule has 2 rings (SSSR count). The van der Waals surface area contributed by atoms with Gasteiger partial charge in [-0.25, -0.2) is 0 Å². The first kappa shape index (κ1) is 17.0. The molecule has 5 heteroatoms. The molecule has 1 aliphatic heterocycles. The maximum Gasteiger partial charge on any atom is 0.223 e. The molecule has 0 spiro atoms. The van der Waals surface area contributed by atoms with Crippen molar-refractivity contribution >= 4 is 18.3 Å². The molecule has 1 heterocycles. The molecule has 0 aromatic heterocycles. The molecule has 4 nitrogen and oxygen atoms in total. The molecule has 0 radical (unpaired) electrons. The number of nitrogens with two attached hydrogens (primary N) is 1. The van der Waals surface area contributed by atoms with Gasteiger partial charge in [-0.2, -0.15) is 0 Å². The molecule has 0 saturated carbocycles. The minimum atomic E-state index is 0. The van der Waals surface area contributed by atoms with Gasteiger partial charge in [0.05, 0.1) is 0 Å². The van der Waals surface area contributed by atoms with Gasteiger partial charge in [0.25, 0.3) is 0 Å². The molecular formula is C15H24ClN3O. The van der Waals surface area contributed by atoms with E-state index in [-0.39, 0.29) is 18.3 Å². The van der Waals surface area contributed by atoms with Crippen molar-refractivity contribution in [3.05, 3.63) is 35.9 Å². The summed E-state index contributed by atoms with van der Waals surface area (Å²) >= 11 is 0. The van der Waals surface area contributed by atoms with Crippen LogP contribution in [-0.2, 0) is 11.3 Å². The Morgan fingerprint density at radius 2 is 1.85 bits per heavy atom. The maximum absolute atomic E-state index is 11.8. The number of carbonyl (C=O) groups is 1. The Kier molecular flexibility index (Phi) is 7.59. The van der Waals surface area contributed by atoms with Crippen LogP contribution in [-0.4, -0.2) is 48.4 Å². The third-order valence-corrected chi connectivity index (χ3v) is 3.55. The lowest BCUT2D eigenvalue weighted by Crippen LogP contribution is -2.35. The zero-order valence-corrected chi connectivity index (χ0v) is 12.6. The molecule has 0 unspecified atom stereocenters. The Morgan fingerprint density at radius 3 is 2.55 bits per heavy atom. The number of benzene rings is 1. The molecule has 1 aromatic rings. The molecule has 20 heavy (non-hydrogen) atoms. The van der Waals surface area contributed by atoms with E-state index in [1.165, 1.54) is 5.56 Å². The van der Waals surface area contributed by atoms with Crippen LogP contribution < -0.4 is 5.73 Å². The monoisotopic (exact) mass is 297 g/mol. The highest BCUT2D eigenvalue weighted by Crippen LogP contribution is 2.09. The molecule has 1 aromatic carbocycles. The van der Waals surface area contributed by atoms with Gasteiger partial charge in [0.2, 0.25) is 5.91 Å². The molecule has 0 bridgehead atoms. The first-order chi connectivity index (χ1) is 9.29. The van der Waals surface area contributed by atoms with E-state index in [4.69, 9.17) is 5.73 Å². The summed E-state index contributed by atoms with van der Waals surface area (Å²) in [6, 6.07) is 10.5. The van der Waals surface area contributed by atoms with Crippen LogP contribution in [0.5, 0.6) is 0 Å². The number of carbonyl (C=O) groups excluding carboxylic acids is 1. The van der Waals surface area contributed by atoms with E-state index in [0.717, 1.165) is 39.1 Å². The number of halogens is 1. The van der Waals surface area contributed by atoms with E-state index >= 15 is 0 Å². The lowest BCUT2D eigenvalue weighted by molar-refractivity contribution is -0.130.